The van der Waals surface area contributed by atoms with Crippen molar-refractivity contribution in [2.75, 3.05) is 6.61 Å². The minimum atomic E-state index is -2.86. The molecule has 0 saturated carbocycles. The topological polar surface area (TPSA) is 41.5 Å². The van der Waals surface area contributed by atoms with Gasteiger partial charge in [-0.3, -0.25) is 0 Å². The first-order valence-electron chi connectivity index (χ1n) is 7.57. The van der Waals surface area contributed by atoms with Crippen LogP contribution in [0.2, 0.25) is 0 Å². The summed E-state index contributed by atoms with van der Waals surface area (Å²) in [6.45, 7) is -0.930. The zero-order valence-corrected chi connectivity index (χ0v) is 13.0. The molecule has 0 aliphatic heterocycles. The number of benzene rings is 2. The maximum absolute atomic E-state index is 12.5. The second-order valence-electron chi connectivity index (χ2n) is 5.28. The quantitative estimate of drug-likeness (QED) is 0.770. The molecule has 2 aromatic rings. The molecule has 0 amide bonds. The molecule has 0 bridgehead atoms. The van der Waals surface area contributed by atoms with E-state index >= 15 is 0 Å². The van der Waals surface area contributed by atoms with Crippen LogP contribution in [0.5, 0.6) is 5.75 Å². The van der Waals surface area contributed by atoms with Crippen LogP contribution in [0.4, 0.5) is 8.78 Å². The van der Waals surface area contributed by atoms with Crippen LogP contribution in [0.25, 0.3) is 0 Å². The van der Waals surface area contributed by atoms with E-state index in [-0.39, 0.29) is 24.4 Å². The molecule has 2 N–H and O–H groups in total. The molecule has 0 spiro atoms. The van der Waals surface area contributed by atoms with E-state index in [9.17, 15) is 13.9 Å². The van der Waals surface area contributed by atoms with E-state index in [0.717, 1.165) is 5.56 Å². The van der Waals surface area contributed by atoms with Crippen molar-refractivity contribution in [2.45, 2.75) is 32.0 Å². The van der Waals surface area contributed by atoms with Crippen LogP contribution in [-0.4, -0.2) is 18.3 Å². The standard InChI is InChI=1S/C18H21F2NO2/c1-13(15-9-5-6-10-17(15)23-18(19)20)21-16(11-12-22)14-7-3-2-4-8-14/h2-10,13,16,18,21-22H,11-12H2,1H3/t13?,16-/m1/s1. The van der Waals surface area contributed by atoms with Gasteiger partial charge in [0.05, 0.1) is 0 Å². The molecule has 0 aromatic heterocycles. The maximum atomic E-state index is 12.5. The van der Waals surface area contributed by atoms with E-state index in [1.54, 1.807) is 18.2 Å². The summed E-state index contributed by atoms with van der Waals surface area (Å²) in [5, 5.41) is 12.7. The molecule has 0 aliphatic carbocycles. The maximum Gasteiger partial charge on any atom is 0.387 e. The van der Waals surface area contributed by atoms with Crippen molar-refractivity contribution in [1.82, 2.24) is 5.32 Å². The van der Waals surface area contributed by atoms with E-state index in [1.807, 2.05) is 37.3 Å². The van der Waals surface area contributed by atoms with E-state index < -0.39 is 6.61 Å². The molecule has 0 fully saturated rings. The summed E-state index contributed by atoms with van der Waals surface area (Å²) >= 11 is 0. The Balaban J connectivity index is 2.17. The van der Waals surface area contributed by atoms with Crippen molar-refractivity contribution in [3.8, 4) is 5.75 Å². The van der Waals surface area contributed by atoms with Crippen LogP contribution >= 0.6 is 0 Å². The fourth-order valence-corrected chi connectivity index (χ4v) is 2.59. The van der Waals surface area contributed by atoms with Gasteiger partial charge in [0.2, 0.25) is 0 Å². The fraction of sp³-hybridized carbons (Fsp3) is 0.333. The lowest BCUT2D eigenvalue weighted by molar-refractivity contribution is -0.0507. The van der Waals surface area contributed by atoms with Crippen LogP contribution < -0.4 is 10.1 Å². The van der Waals surface area contributed by atoms with Gasteiger partial charge in [0.15, 0.2) is 0 Å². The highest BCUT2D eigenvalue weighted by molar-refractivity contribution is 5.36. The fourth-order valence-electron chi connectivity index (χ4n) is 2.59. The van der Waals surface area contributed by atoms with Gasteiger partial charge in [0.1, 0.15) is 5.75 Å². The Morgan fingerprint density at radius 1 is 1.04 bits per heavy atom. The molecule has 0 saturated heterocycles. The third kappa shape index (κ3) is 5.01. The smallest absolute Gasteiger partial charge is 0.387 e. The van der Waals surface area contributed by atoms with Crippen molar-refractivity contribution in [1.29, 1.82) is 0 Å². The van der Waals surface area contributed by atoms with Gasteiger partial charge < -0.3 is 15.2 Å². The molecule has 23 heavy (non-hydrogen) atoms. The number of halogens is 2. The average molecular weight is 321 g/mol. The average Bonchev–Trinajstić information content (AvgIpc) is 2.55. The molecule has 0 radical (unpaired) electrons. The van der Waals surface area contributed by atoms with Gasteiger partial charge in [-0.15, -0.1) is 0 Å². The van der Waals surface area contributed by atoms with Gasteiger partial charge in [0, 0.05) is 24.3 Å². The first-order chi connectivity index (χ1) is 11.1. The van der Waals surface area contributed by atoms with Gasteiger partial charge in [-0.2, -0.15) is 8.78 Å². The predicted octanol–water partition coefficient (Wildman–Crippen LogP) is 4.06. The van der Waals surface area contributed by atoms with Crippen molar-refractivity contribution in [3.05, 3.63) is 65.7 Å². The zero-order chi connectivity index (χ0) is 16.7. The summed E-state index contributed by atoms with van der Waals surface area (Å²) in [7, 11) is 0. The van der Waals surface area contributed by atoms with E-state index in [4.69, 9.17) is 0 Å². The number of hydrogen-bond acceptors (Lipinski definition) is 3. The first kappa shape index (κ1) is 17.4. The van der Waals surface area contributed by atoms with Crippen LogP contribution in [0, 0.1) is 0 Å². The Hall–Kier alpha value is -1.98. The number of ether oxygens (including phenoxy) is 1. The van der Waals surface area contributed by atoms with Crippen molar-refractivity contribution >= 4 is 0 Å². The van der Waals surface area contributed by atoms with E-state index in [1.165, 1.54) is 6.07 Å². The summed E-state index contributed by atoms with van der Waals surface area (Å²) in [4.78, 5) is 0. The summed E-state index contributed by atoms with van der Waals surface area (Å²) < 4.78 is 29.7. The molecular formula is C18H21F2NO2. The third-order valence-electron chi connectivity index (χ3n) is 3.67. The second kappa shape index (κ2) is 8.60. The van der Waals surface area contributed by atoms with Gasteiger partial charge in [0.25, 0.3) is 0 Å². The Morgan fingerprint density at radius 3 is 2.35 bits per heavy atom. The SMILES string of the molecule is CC(N[C@H](CCO)c1ccccc1)c1ccccc1OC(F)F. The van der Waals surface area contributed by atoms with Crippen LogP contribution in [0.1, 0.15) is 36.6 Å². The molecule has 2 atom stereocenters. The lowest BCUT2D eigenvalue weighted by atomic mass is 10.0. The first-order valence-corrected chi connectivity index (χ1v) is 7.57. The largest absolute Gasteiger partial charge is 0.434 e. The molecule has 5 heteroatoms. The Bertz CT molecular complexity index is 593. The van der Waals surface area contributed by atoms with Gasteiger partial charge in [-0.05, 0) is 25.0 Å². The van der Waals surface area contributed by atoms with Crippen LogP contribution in [-0.2, 0) is 0 Å². The normalized spacial score (nSPS) is 13.8. The molecule has 2 rings (SSSR count). The molecule has 124 valence electrons. The lowest BCUT2D eigenvalue weighted by Gasteiger charge is -2.25. The zero-order valence-electron chi connectivity index (χ0n) is 13.0. The lowest BCUT2D eigenvalue weighted by Crippen LogP contribution is -2.26. The predicted molar refractivity (Wildman–Crippen MR) is 85.5 cm³/mol. The van der Waals surface area contributed by atoms with Crippen LogP contribution in [0.3, 0.4) is 0 Å². The number of nitrogens with one attached hydrogen (secondary N) is 1. The summed E-state index contributed by atoms with van der Waals surface area (Å²) in [6, 6.07) is 16.2. The Labute approximate surface area is 134 Å². The number of aliphatic hydroxyl groups excluding tert-OH is 1. The van der Waals surface area contributed by atoms with Gasteiger partial charge in [-0.1, -0.05) is 48.5 Å². The number of aliphatic hydroxyl groups is 1. The molecular weight excluding hydrogens is 300 g/mol. The molecule has 0 aliphatic rings. The highest BCUT2D eigenvalue weighted by Crippen LogP contribution is 2.29. The second-order valence-corrected chi connectivity index (χ2v) is 5.28. The Morgan fingerprint density at radius 2 is 1.70 bits per heavy atom. The monoisotopic (exact) mass is 321 g/mol. The third-order valence-corrected chi connectivity index (χ3v) is 3.67. The van der Waals surface area contributed by atoms with E-state index in [2.05, 4.69) is 10.1 Å². The highest BCUT2D eigenvalue weighted by atomic mass is 19.3. The van der Waals surface area contributed by atoms with Gasteiger partial charge in [-0.25, -0.2) is 0 Å². The number of rotatable bonds is 8. The minimum Gasteiger partial charge on any atom is -0.434 e. The van der Waals surface area contributed by atoms with E-state index in [0.29, 0.717) is 12.0 Å². The van der Waals surface area contributed by atoms with Crippen molar-refractivity contribution in [3.63, 3.8) is 0 Å². The number of alkyl halides is 2. The number of hydrogen-bond donors (Lipinski definition) is 2. The van der Waals surface area contributed by atoms with Gasteiger partial charge >= 0.3 is 6.61 Å². The molecule has 1 unspecified atom stereocenters. The van der Waals surface area contributed by atoms with Crippen LogP contribution in [0.15, 0.2) is 54.6 Å². The van der Waals surface area contributed by atoms with Crippen molar-refractivity contribution in [2.24, 2.45) is 0 Å². The summed E-state index contributed by atoms with van der Waals surface area (Å²) in [6.07, 6.45) is 0.534. The molecule has 2 aromatic carbocycles. The summed E-state index contributed by atoms with van der Waals surface area (Å²) in [5.41, 5.74) is 1.70. The highest BCUT2D eigenvalue weighted by Gasteiger charge is 2.18. The molecule has 3 nitrogen and oxygen atoms in total. The minimum absolute atomic E-state index is 0.0362. The summed E-state index contributed by atoms with van der Waals surface area (Å²) in [5.74, 6) is 0.165. The van der Waals surface area contributed by atoms with Crippen molar-refractivity contribution < 1.29 is 18.6 Å². The molecule has 0 heterocycles. The Kier molecular flexibility index (Phi) is 6.50. The number of para-hydroxylation sites is 1.